The van der Waals surface area contributed by atoms with Crippen molar-refractivity contribution in [1.29, 1.82) is 0 Å². The highest BCUT2D eigenvalue weighted by atomic mass is 35.5. The van der Waals surface area contributed by atoms with E-state index in [0.717, 1.165) is 5.56 Å². The maximum absolute atomic E-state index is 11.0. The number of rotatable bonds is 3. The van der Waals surface area contributed by atoms with E-state index in [1.165, 1.54) is 0 Å². The van der Waals surface area contributed by atoms with Crippen LogP contribution in [0.25, 0.3) is 0 Å². The van der Waals surface area contributed by atoms with Crippen LogP contribution in [0.4, 0.5) is 0 Å². The van der Waals surface area contributed by atoms with Crippen LogP contribution < -0.4 is 5.43 Å². The average molecular weight is 226 g/mol. The molecular weight excluding hydrogens is 214 g/mol. The predicted molar refractivity (Wildman–Crippen MR) is 59.9 cm³/mol. The van der Waals surface area contributed by atoms with Crippen molar-refractivity contribution >= 4 is 23.2 Å². The summed E-state index contributed by atoms with van der Waals surface area (Å²) in [5, 5.41) is 4.30. The Kier molecular flexibility index (Phi) is 4.24. The van der Waals surface area contributed by atoms with Gasteiger partial charge in [0.1, 0.15) is 5.15 Å². The molecule has 0 atom stereocenters. The van der Waals surface area contributed by atoms with E-state index in [0.29, 0.717) is 17.3 Å². The molecule has 0 unspecified atom stereocenters. The molecule has 0 bridgehead atoms. The number of nitrogens with zero attached hydrogens (tertiary/aromatic N) is 2. The highest BCUT2D eigenvalue weighted by molar-refractivity contribution is 6.32. The molecule has 0 fully saturated rings. The van der Waals surface area contributed by atoms with Crippen LogP contribution in [0.2, 0.25) is 5.15 Å². The maximum atomic E-state index is 11.0. The number of hydrogen-bond acceptors (Lipinski definition) is 3. The lowest BCUT2D eigenvalue weighted by Crippen LogP contribution is -2.17. The number of aromatic nitrogens is 1. The molecule has 5 heteroatoms. The summed E-state index contributed by atoms with van der Waals surface area (Å²) in [4.78, 5) is 14.9. The topological polar surface area (TPSA) is 54.4 Å². The van der Waals surface area contributed by atoms with Gasteiger partial charge in [-0.1, -0.05) is 18.5 Å². The second-order valence-corrected chi connectivity index (χ2v) is 3.29. The number of halogens is 1. The molecule has 0 aliphatic heterocycles. The highest BCUT2D eigenvalue weighted by Crippen LogP contribution is 2.12. The van der Waals surface area contributed by atoms with Crippen molar-refractivity contribution < 1.29 is 4.79 Å². The van der Waals surface area contributed by atoms with E-state index in [-0.39, 0.29) is 5.91 Å². The van der Waals surface area contributed by atoms with Gasteiger partial charge in [0, 0.05) is 18.2 Å². The molecule has 1 aromatic rings. The van der Waals surface area contributed by atoms with Crippen LogP contribution in [-0.4, -0.2) is 16.6 Å². The number of pyridine rings is 1. The molecule has 0 spiro atoms. The first kappa shape index (κ1) is 11.7. The zero-order chi connectivity index (χ0) is 11.3. The minimum absolute atomic E-state index is 0.130. The second-order valence-electron chi connectivity index (χ2n) is 2.93. The van der Waals surface area contributed by atoms with Crippen molar-refractivity contribution in [2.24, 2.45) is 5.10 Å². The Labute approximate surface area is 93.4 Å². The van der Waals surface area contributed by atoms with Gasteiger partial charge in [0.2, 0.25) is 5.91 Å². The molecule has 1 aromatic heterocycles. The normalized spacial score (nSPS) is 11.3. The summed E-state index contributed by atoms with van der Waals surface area (Å²) in [6.07, 6.45) is 2.00. The fourth-order valence-corrected chi connectivity index (χ4v) is 1.20. The molecule has 0 aromatic carbocycles. The standard InChI is InChI=1S/C10H12ClN3O/c1-3-9(15)14-13-7(2)8-5-4-6-12-10(8)11/h4-6H,3H2,1-2H3,(H,14,15). The van der Waals surface area contributed by atoms with Gasteiger partial charge in [-0.2, -0.15) is 5.10 Å². The van der Waals surface area contributed by atoms with Crippen LogP contribution in [0.5, 0.6) is 0 Å². The van der Waals surface area contributed by atoms with Gasteiger partial charge in [0.05, 0.1) is 5.71 Å². The lowest BCUT2D eigenvalue weighted by atomic mass is 10.2. The van der Waals surface area contributed by atoms with Gasteiger partial charge in [-0.15, -0.1) is 0 Å². The Balaban J connectivity index is 2.80. The van der Waals surface area contributed by atoms with E-state index >= 15 is 0 Å². The molecule has 1 amide bonds. The lowest BCUT2D eigenvalue weighted by molar-refractivity contribution is -0.120. The summed E-state index contributed by atoms with van der Waals surface area (Å²) in [7, 11) is 0. The molecule has 4 nitrogen and oxygen atoms in total. The van der Waals surface area contributed by atoms with Crippen LogP contribution in [0.15, 0.2) is 23.4 Å². The van der Waals surface area contributed by atoms with Gasteiger partial charge < -0.3 is 0 Å². The fraction of sp³-hybridized carbons (Fsp3) is 0.300. The predicted octanol–water partition coefficient (Wildman–Crippen LogP) is 1.99. The fourth-order valence-electron chi connectivity index (χ4n) is 0.941. The Bertz CT molecular complexity index is 390. The van der Waals surface area contributed by atoms with Crippen molar-refractivity contribution in [1.82, 2.24) is 10.4 Å². The van der Waals surface area contributed by atoms with Gasteiger partial charge in [-0.05, 0) is 19.1 Å². The van der Waals surface area contributed by atoms with Gasteiger partial charge in [0.25, 0.3) is 0 Å². The lowest BCUT2D eigenvalue weighted by Gasteiger charge is -2.02. The van der Waals surface area contributed by atoms with Crippen LogP contribution >= 0.6 is 11.6 Å². The molecule has 1 N–H and O–H groups in total. The van der Waals surface area contributed by atoms with Gasteiger partial charge in [0.15, 0.2) is 0 Å². The van der Waals surface area contributed by atoms with E-state index in [2.05, 4.69) is 15.5 Å². The summed E-state index contributed by atoms with van der Waals surface area (Å²) in [6.45, 7) is 3.52. The third-order valence-electron chi connectivity index (χ3n) is 1.82. The van der Waals surface area contributed by atoms with Crippen LogP contribution in [0.1, 0.15) is 25.8 Å². The SMILES string of the molecule is CCC(=O)NN=C(C)c1cccnc1Cl. The number of amides is 1. The van der Waals surface area contributed by atoms with E-state index in [1.807, 2.05) is 0 Å². The van der Waals surface area contributed by atoms with Crippen molar-refractivity contribution in [3.05, 3.63) is 29.0 Å². The smallest absolute Gasteiger partial charge is 0.239 e. The van der Waals surface area contributed by atoms with E-state index < -0.39 is 0 Å². The Morgan fingerprint density at radius 1 is 1.67 bits per heavy atom. The minimum atomic E-state index is -0.130. The van der Waals surface area contributed by atoms with Gasteiger partial charge in [-0.3, -0.25) is 4.79 Å². The van der Waals surface area contributed by atoms with Crippen LogP contribution in [0.3, 0.4) is 0 Å². The zero-order valence-corrected chi connectivity index (χ0v) is 9.38. The summed E-state index contributed by atoms with van der Waals surface area (Å²) >= 11 is 5.86. The number of hydrogen-bond donors (Lipinski definition) is 1. The molecule has 1 heterocycles. The van der Waals surface area contributed by atoms with E-state index in [1.54, 1.807) is 32.2 Å². The highest BCUT2D eigenvalue weighted by Gasteiger charge is 2.04. The zero-order valence-electron chi connectivity index (χ0n) is 8.62. The molecule has 0 aliphatic carbocycles. The van der Waals surface area contributed by atoms with E-state index in [4.69, 9.17) is 11.6 Å². The average Bonchev–Trinajstić information content (AvgIpc) is 2.26. The number of carbonyl (C=O) groups excluding carboxylic acids is 1. The quantitative estimate of drug-likeness (QED) is 0.486. The van der Waals surface area contributed by atoms with Gasteiger partial charge in [-0.25, -0.2) is 10.4 Å². The minimum Gasteiger partial charge on any atom is -0.273 e. The third kappa shape index (κ3) is 3.32. The van der Waals surface area contributed by atoms with Gasteiger partial charge >= 0.3 is 0 Å². The maximum Gasteiger partial charge on any atom is 0.239 e. The number of hydrazone groups is 1. The van der Waals surface area contributed by atoms with Crippen LogP contribution in [0, 0.1) is 0 Å². The van der Waals surface area contributed by atoms with Crippen molar-refractivity contribution in [2.75, 3.05) is 0 Å². The summed E-state index contributed by atoms with van der Waals surface area (Å²) in [5.41, 5.74) is 3.77. The Hall–Kier alpha value is -1.42. The van der Waals surface area contributed by atoms with E-state index in [9.17, 15) is 4.79 Å². The molecule has 1 rings (SSSR count). The number of nitrogens with one attached hydrogen (secondary N) is 1. The molecule has 0 saturated carbocycles. The van der Waals surface area contributed by atoms with Crippen molar-refractivity contribution in [2.45, 2.75) is 20.3 Å². The molecule has 0 saturated heterocycles. The molecule has 15 heavy (non-hydrogen) atoms. The van der Waals surface area contributed by atoms with Crippen LogP contribution in [-0.2, 0) is 4.79 Å². The summed E-state index contributed by atoms with van der Waals surface area (Å²) in [6, 6.07) is 3.56. The first-order valence-corrected chi connectivity index (χ1v) is 4.97. The second kappa shape index (κ2) is 5.46. The molecule has 0 radical (unpaired) electrons. The Morgan fingerprint density at radius 3 is 3.00 bits per heavy atom. The van der Waals surface area contributed by atoms with Crippen molar-refractivity contribution in [3.63, 3.8) is 0 Å². The molecule has 80 valence electrons. The first-order valence-electron chi connectivity index (χ1n) is 4.59. The van der Waals surface area contributed by atoms with Crippen molar-refractivity contribution in [3.8, 4) is 0 Å². The summed E-state index contributed by atoms with van der Waals surface area (Å²) < 4.78 is 0. The number of carbonyl (C=O) groups is 1. The molecule has 0 aliphatic rings. The largest absolute Gasteiger partial charge is 0.273 e. The summed E-state index contributed by atoms with van der Waals surface area (Å²) in [5.74, 6) is -0.130. The first-order chi connectivity index (χ1) is 7.15. The monoisotopic (exact) mass is 225 g/mol. The molecular formula is C10H12ClN3O. The Morgan fingerprint density at radius 2 is 2.40 bits per heavy atom. The third-order valence-corrected chi connectivity index (χ3v) is 2.12.